The highest BCUT2D eigenvalue weighted by molar-refractivity contribution is 5.98. The third-order valence-electron chi connectivity index (χ3n) is 8.83. The number of nitrogens with one attached hydrogen (secondary N) is 2. The number of nitrogens with zero attached hydrogens (tertiary/aromatic N) is 2. The normalized spacial score (nSPS) is 12.0. The topological polar surface area (TPSA) is 94.7 Å². The molecule has 0 aliphatic carbocycles. The molecule has 5 heterocycles. The molecule has 0 unspecified atom stereocenters. The number of aromatic nitrogens is 4. The van der Waals surface area contributed by atoms with Crippen molar-refractivity contribution in [3.05, 3.63) is 143 Å². The molecule has 8 rings (SSSR count). The highest BCUT2D eigenvalue weighted by Crippen LogP contribution is 2.37. The fraction of sp³-hybridized carbons (Fsp3) is 0.0488. The monoisotopic (exact) mass is 610 g/mol. The fourth-order valence-electron chi connectivity index (χ4n) is 6.50. The van der Waals surface area contributed by atoms with E-state index in [1.54, 1.807) is 12.1 Å². The number of aryl methyl sites for hydroxylation is 2. The van der Waals surface area contributed by atoms with E-state index in [0.29, 0.717) is 0 Å². The van der Waals surface area contributed by atoms with Crippen LogP contribution in [0.3, 0.4) is 0 Å². The fourth-order valence-corrected chi connectivity index (χ4v) is 6.50. The third kappa shape index (κ3) is 5.06. The maximum Gasteiger partial charge on any atom is 0.335 e. The average molecular weight is 611 g/mol. The molecular weight excluding hydrogens is 580 g/mol. The average Bonchev–Trinajstić information content (AvgIpc) is 3.90. The van der Waals surface area contributed by atoms with Gasteiger partial charge in [-0.15, -0.1) is 0 Å². The molecule has 6 nitrogen and oxygen atoms in total. The highest BCUT2D eigenvalue weighted by Gasteiger charge is 2.18. The van der Waals surface area contributed by atoms with Gasteiger partial charge in [0.25, 0.3) is 0 Å². The van der Waals surface area contributed by atoms with Gasteiger partial charge in [-0.1, -0.05) is 60.7 Å². The number of carboxylic acid groups (broad SMARTS) is 1. The Kier molecular flexibility index (Phi) is 6.76. The van der Waals surface area contributed by atoms with Gasteiger partial charge in [0, 0.05) is 38.8 Å². The van der Waals surface area contributed by atoms with Gasteiger partial charge in [0.1, 0.15) is 0 Å². The summed E-state index contributed by atoms with van der Waals surface area (Å²) in [5.74, 6) is -0.961. The lowest BCUT2D eigenvalue weighted by atomic mass is 9.99. The molecule has 8 bridgehead atoms. The highest BCUT2D eigenvalue weighted by atomic mass is 16.4. The zero-order valence-electron chi connectivity index (χ0n) is 25.9. The summed E-state index contributed by atoms with van der Waals surface area (Å²) in [6.07, 6.45) is 8.22. The number of rotatable bonds is 4. The molecule has 0 saturated carbocycles. The maximum atomic E-state index is 11.6. The van der Waals surface area contributed by atoms with Crippen LogP contribution in [0.1, 0.15) is 44.3 Å². The number of hydrogen-bond donors (Lipinski definition) is 3. The van der Waals surface area contributed by atoms with Gasteiger partial charge in [-0.05, 0) is 108 Å². The molecule has 6 aromatic rings. The van der Waals surface area contributed by atoms with Crippen molar-refractivity contribution in [2.75, 3.05) is 0 Å². The first kappa shape index (κ1) is 28.2. The predicted molar refractivity (Wildman–Crippen MR) is 192 cm³/mol. The van der Waals surface area contributed by atoms with Gasteiger partial charge < -0.3 is 15.1 Å². The minimum Gasteiger partial charge on any atom is -0.478 e. The molecule has 3 N–H and O–H groups in total. The lowest BCUT2D eigenvalue weighted by molar-refractivity contribution is 0.0697. The molecule has 0 amide bonds. The second-order valence-corrected chi connectivity index (χ2v) is 11.9. The van der Waals surface area contributed by atoms with E-state index in [0.717, 1.165) is 83.8 Å². The Labute approximate surface area is 271 Å². The number of carbonyl (C=O) groups is 1. The summed E-state index contributed by atoms with van der Waals surface area (Å²) >= 11 is 0. The second-order valence-electron chi connectivity index (χ2n) is 11.9. The summed E-state index contributed by atoms with van der Waals surface area (Å²) in [7, 11) is 0. The van der Waals surface area contributed by atoms with Crippen LogP contribution in [-0.2, 0) is 0 Å². The molecule has 226 valence electrons. The second kappa shape index (κ2) is 11.3. The first-order valence-corrected chi connectivity index (χ1v) is 15.5. The number of carboxylic acids is 1. The Morgan fingerprint density at radius 1 is 0.574 bits per heavy atom. The van der Waals surface area contributed by atoms with Crippen LogP contribution in [0.15, 0.2) is 103 Å². The molecule has 47 heavy (non-hydrogen) atoms. The van der Waals surface area contributed by atoms with Gasteiger partial charge in [-0.2, -0.15) is 0 Å². The van der Waals surface area contributed by atoms with Crippen molar-refractivity contribution in [1.29, 1.82) is 0 Å². The molecule has 2 aliphatic heterocycles. The lowest BCUT2D eigenvalue weighted by Crippen LogP contribution is -1.95. The maximum absolute atomic E-state index is 11.6. The van der Waals surface area contributed by atoms with Crippen LogP contribution >= 0.6 is 0 Å². The lowest BCUT2D eigenvalue weighted by Gasteiger charge is -2.09. The standard InChI is InChI=1S/C41H30N4O2/c1-24-7-3-5-9-30(24)39-34-18-16-29(43-34)23-28-15-17-32(42-28)38(26-11-13-27(14-12-26)41(46)47)33-19-20-36(44-33)40(37-22-21-35(39)45-37)31-10-6-4-8-25(31)2/h3-23,42,45H,1-2H3,(H,46,47). The van der Waals surface area contributed by atoms with Crippen LogP contribution < -0.4 is 0 Å². The van der Waals surface area contributed by atoms with Crippen molar-refractivity contribution in [1.82, 2.24) is 19.9 Å². The summed E-state index contributed by atoms with van der Waals surface area (Å²) in [6.45, 7) is 4.25. The van der Waals surface area contributed by atoms with Crippen LogP contribution in [0.25, 0.3) is 79.8 Å². The summed E-state index contributed by atoms with van der Waals surface area (Å²) < 4.78 is 0. The van der Waals surface area contributed by atoms with Crippen LogP contribution in [0.2, 0.25) is 0 Å². The molecule has 0 saturated heterocycles. The first-order chi connectivity index (χ1) is 22.9. The van der Waals surface area contributed by atoms with Crippen molar-refractivity contribution in [3.8, 4) is 33.4 Å². The van der Waals surface area contributed by atoms with Gasteiger partial charge in [0.05, 0.1) is 28.3 Å². The smallest absolute Gasteiger partial charge is 0.335 e. The Balaban J connectivity index is 1.53. The predicted octanol–water partition coefficient (Wildman–Crippen LogP) is 9.97. The van der Waals surface area contributed by atoms with E-state index >= 15 is 0 Å². The van der Waals surface area contributed by atoms with Crippen molar-refractivity contribution in [3.63, 3.8) is 0 Å². The van der Waals surface area contributed by atoms with Gasteiger partial charge in [0.2, 0.25) is 0 Å². The Bertz CT molecular complexity index is 2460. The van der Waals surface area contributed by atoms with E-state index in [9.17, 15) is 9.90 Å². The number of aromatic amines is 2. The molecular formula is C41H30N4O2. The van der Waals surface area contributed by atoms with Gasteiger partial charge >= 0.3 is 5.97 Å². The third-order valence-corrected chi connectivity index (χ3v) is 8.83. The number of hydrogen-bond acceptors (Lipinski definition) is 3. The largest absolute Gasteiger partial charge is 0.478 e. The Hall–Kier alpha value is -6.27. The number of aromatic carboxylic acids is 1. The molecule has 0 spiro atoms. The summed E-state index contributed by atoms with van der Waals surface area (Å²) in [6, 6.07) is 34.1. The van der Waals surface area contributed by atoms with E-state index in [1.165, 1.54) is 5.56 Å². The number of benzene rings is 3. The Morgan fingerprint density at radius 2 is 1.11 bits per heavy atom. The Morgan fingerprint density at radius 3 is 1.72 bits per heavy atom. The van der Waals surface area contributed by atoms with Crippen molar-refractivity contribution < 1.29 is 9.90 Å². The van der Waals surface area contributed by atoms with Crippen LogP contribution in [0.4, 0.5) is 0 Å². The number of H-pyrrole nitrogens is 2. The molecule has 3 aromatic heterocycles. The van der Waals surface area contributed by atoms with E-state index in [2.05, 4.69) is 90.6 Å². The summed E-state index contributed by atoms with van der Waals surface area (Å²) in [4.78, 5) is 29.3. The van der Waals surface area contributed by atoms with Crippen molar-refractivity contribution in [2.45, 2.75) is 13.8 Å². The summed E-state index contributed by atoms with van der Waals surface area (Å²) in [5.41, 5.74) is 15.5. The minimum atomic E-state index is -0.961. The SMILES string of the molecule is Cc1ccccc1-c1c2nc(cc3ccc([nH]3)c(-c3ccc(C(=O)O)cc3)c3nc(c(-c4ccccc4C)c4ccc1[nH]4)C=C3)C=C2. The van der Waals surface area contributed by atoms with Crippen molar-refractivity contribution >= 4 is 52.3 Å². The number of fused-ring (bicyclic) bond motifs is 8. The van der Waals surface area contributed by atoms with Gasteiger partial charge in [-0.3, -0.25) is 0 Å². The van der Waals surface area contributed by atoms with E-state index < -0.39 is 5.97 Å². The minimum absolute atomic E-state index is 0.233. The van der Waals surface area contributed by atoms with E-state index in [4.69, 9.17) is 9.97 Å². The van der Waals surface area contributed by atoms with E-state index in [-0.39, 0.29) is 5.56 Å². The van der Waals surface area contributed by atoms with Crippen LogP contribution in [0, 0.1) is 13.8 Å². The first-order valence-electron chi connectivity index (χ1n) is 15.5. The molecule has 0 atom stereocenters. The van der Waals surface area contributed by atoms with Gasteiger partial charge in [0.15, 0.2) is 0 Å². The van der Waals surface area contributed by atoms with Crippen LogP contribution in [-0.4, -0.2) is 31.0 Å². The molecule has 2 aliphatic rings. The zero-order chi connectivity index (χ0) is 32.1. The van der Waals surface area contributed by atoms with Crippen LogP contribution in [0.5, 0.6) is 0 Å². The molecule has 0 fully saturated rings. The van der Waals surface area contributed by atoms with E-state index in [1.807, 2.05) is 48.6 Å². The van der Waals surface area contributed by atoms with Crippen molar-refractivity contribution in [2.24, 2.45) is 0 Å². The molecule has 0 radical (unpaired) electrons. The summed E-state index contributed by atoms with van der Waals surface area (Å²) in [5, 5.41) is 9.54. The quantitative estimate of drug-likeness (QED) is 0.185. The molecule has 3 aromatic carbocycles. The van der Waals surface area contributed by atoms with Gasteiger partial charge in [-0.25, -0.2) is 14.8 Å². The zero-order valence-corrected chi connectivity index (χ0v) is 25.9. The molecule has 6 heteroatoms.